The fourth-order valence-corrected chi connectivity index (χ4v) is 5.09. The van der Waals surface area contributed by atoms with E-state index in [1.807, 2.05) is 42.5 Å². The van der Waals surface area contributed by atoms with Crippen LogP contribution < -0.4 is 10.3 Å². The second-order valence-electron chi connectivity index (χ2n) is 9.46. The van der Waals surface area contributed by atoms with Crippen molar-refractivity contribution in [1.29, 1.82) is 0 Å². The predicted molar refractivity (Wildman–Crippen MR) is 130 cm³/mol. The number of hydrogen-bond donors (Lipinski definition) is 1. The van der Waals surface area contributed by atoms with Gasteiger partial charge in [-0.1, -0.05) is 43.3 Å². The lowest BCUT2D eigenvalue weighted by molar-refractivity contribution is 0.0955. The van der Waals surface area contributed by atoms with E-state index in [4.69, 9.17) is 0 Å². The Morgan fingerprint density at radius 3 is 2.58 bits per heavy atom. The monoisotopic (exact) mass is 413 g/mol. The highest BCUT2D eigenvalue weighted by Crippen LogP contribution is 2.44. The molecule has 1 aliphatic heterocycles. The summed E-state index contributed by atoms with van der Waals surface area (Å²) in [7, 11) is 0. The van der Waals surface area contributed by atoms with Crippen molar-refractivity contribution in [3.8, 4) is 0 Å². The van der Waals surface area contributed by atoms with Gasteiger partial charge in [-0.3, -0.25) is 4.79 Å². The van der Waals surface area contributed by atoms with Gasteiger partial charge in [-0.25, -0.2) is 5.43 Å². The molecule has 3 aromatic rings. The first kappa shape index (κ1) is 21.1. The van der Waals surface area contributed by atoms with Crippen LogP contribution in [0.2, 0.25) is 0 Å². The zero-order chi connectivity index (χ0) is 22.2. The molecule has 160 valence electrons. The molecule has 31 heavy (non-hydrogen) atoms. The van der Waals surface area contributed by atoms with Crippen molar-refractivity contribution in [3.05, 3.63) is 77.4 Å². The molecular weight excluding hydrogens is 382 g/mol. The first-order valence-electron chi connectivity index (χ1n) is 11.0. The fraction of sp³-hybridized carbons (Fsp3) is 0.333. The molecule has 0 unspecified atom stereocenters. The number of rotatable bonds is 4. The number of fused-ring (bicyclic) bond motifs is 2. The molecule has 0 saturated carbocycles. The van der Waals surface area contributed by atoms with Gasteiger partial charge in [0.1, 0.15) is 0 Å². The van der Waals surface area contributed by atoms with Crippen LogP contribution in [0.5, 0.6) is 0 Å². The zero-order valence-electron chi connectivity index (χ0n) is 19.0. The van der Waals surface area contributed by atoms with Crippen molar-refractivity contribution >= 4 is 28.6 Å². The number of benzene rings is 3. The lowest BCUT2D eigenvalue weighted by Gasteiger charge is -2.50. The predicted octanol–water partition coefficient (Wildman–Crippen LogP) is 6.10. The first-order valence-corrected chi connectivity index (χ1v) is 11.0. The summed E-state index contributed by atoms with van der Waals surface area (Å²) < 4.78 is 0. The summed E-state index contributed by atoms with van der Waals surface area (Å²) in [5.41, 5.74) is 7.03. The molecule has 0 radical (unpaired) electrons. The minimum absolute atomic E-state index is 0.129. The summed E-state index contributed by atoms with van der Waals surface area (Å²) in [6, 6.07) is 20.6. The molecule has 4 heteroatoms. The van der Waals surface area contributed by atoms with Crippen molar-refractivity contribution in [3.63, 3.8) is 0 Å². The van der Waals surface area contributed by atoms with Crippen LogP contribution in [-0.4, -0.2) is 23.7 Å². The minimum Gasteiger partial charge on any atom is -0.364 e. The van der Waals surface area contributed by atoms with E-state index in [1.54, 1.807) is 6.21 Å². The Morgan fingerprint density at radius 1 is 1.10 bits per heavy atom. The quantitative estimate of drug-likeness (QED) is 0.415. The van der Waals surface area contributed by atoms with Crippen molar-refractivity contribution in [1.82, 2.24) is 5.43 Å². The van der Waals surface area contributed by atoms with Crippen molar-refractivity contribution in [2.24, 2.45) is 5.10 Å². The maximum Gasteiger partial charge on any atom is 0.271 e. The molecule has 0 aromatic heterocycles. The molecule has 0 spiro atoms. The van der Waals surface area contributed by atoms with Crippen LogP contribution in [0.1, 0.15) is 68.4 Å². The van der Waals surface area contributed by atoms with Crippen molar-refractivity contribution in [2.75, 3.05) is 4.90 Å². The SMILES string of the molecule is CC(C)N1c2ccc(/C=N\NC(=O)c3ccc4ccccc4c3)cc2[C@@H](C)CC1(C)C. The van der Waals surface area contributed by atoms with Gasteiger partial charge in [0.2, 0.25) is 0 Å². The number of hydrogen-bond acceptors (Lipinski definition) is 3. The molecule has 0 bridgehead atoms. The van der Waals surface area contributed by atoms with Gasteiger partial charge in [0, 0.05) is 22.8 Å². The van der Waals surface area contributed by atoms with E-state index in [0.29, 0.717) is 17.5 Å². The van der Waals surface area contributed by atoms with Gasteiger partial charge in [0.25, 0.3) is 5.91 Å². The van der Waals surface area contributed by atoms with E-state index in [1.165, 1.54) is 11.3 Å². The highest BCUT2D eigenvalue weighted by Gasteiger charge is 2.37. The van der Waals surface area contributed by atoms with E-state index in [0.717, 1.165) is 22.8 Å². The Balaban J connectivity index is 1.52. The molecule has 4 nitrogen and oxygen atoms in total. The zero-order valence-corrected chi connectivity index (χ0v) is 19.0. The number of carbonyl (C=O) groups is 1. The highest BCUT2D eigenvalue weighted by molar-refractivity contribution is 5.99. The number of amides is 1. The van der Waals surface area contributed by atoms with Gasteiger partial charge < -0.3 is 4.90 Å². The molecule has 0 aliphatic carbocycles. The van der Waals surface area contributed by atoms with Gasteiger partial charge in [-0.2, -0.15) is 5.10 Å². The summed E-state index contributed by atoms with van der Waals surface area (Å²) in [5.74, 6) is 0.265. The maximum atomic E-state index is 12.5. The number of hydrazone groups is 1. The number of anilines is 1. The van der Waals surface area contributed by atoms with Gasteiger partial charge in [-0.15, -0.1) is 0 Å². The maximum absolute atomic E-state index is 12.5. The van der Waals surface area contributed by atoms with Crippen molar-refractivity contribution in [2.45, 2.75) is 58.5 Å². The van der Waals surface area contributed by atoms with Gasteiger partial charge in [-0.05, 0) is 86.2 Å². The van der Waals surface area contributed by atoms with Gasteiger partial charge in [0.15, 0.2) is 0 Å². The van der Waals surface area contributed by atoms with Gasteiger partial charge >= 0.3 is 0 Å². The lowest BCUT2D eigenvalue weighted by atomic mass is 9.79. The summed E-state index contributed by atoms with van der Waals surface area (Å²) in [6.45, 7) is 11.4. The van der Waals surface area contributed by atoms with Gasteiger partial charge in [0.05, 0.1) is 6.21 Å². The van der Waals surface area contributed by atoms with E-state index >= 15 is 0 Å². The molecule has 1 heterocycles. The van der Waals surface area contributed by atoms with E-state index in [2.05, 4.69) is 68.2 Å². The summed E-state index contributed by atoms with van der Waals surface area (Å²) >= 11 is 0. The molecule has 1 aliphatic rings. The standard InChI is InChI=1S/C27H31N3O/c1-18(2)30-25-13-10-20(14-24(25)19(3)16-27(30,4)5)17-28-29-26(31)23-12-11-21-8-6-7-9-22(21)15-23/h6-15,17-19H,16H2,1-5H3,(H,29,31)/b28-17-/t19-/m0/s1. The minimum atomic E-state index is -0.207. The average molecular weight is 414 g/mol. The molecule has 1 atom stereocenters. The second-order valence-corrected chi connectivity index (χ2v) is 9.46. The Hall–Kier alpha value is -3.14. The summed E-state index contributed by atoms with van der Waals surface area (Å²) in [5, 5.41) is 6.37. The third-order valence-corrected chi connectivity index (χ3v) is 6.21. The van der Waals surface area contributed by atoms with Crippen LogP contribution in [-0.2, 0) is 0 Å². The van der Waals surface area contributed by atoms with Crippen LogP contribution in [0.15, 0.2) is 65.8 Å². The van der Waals surface area contributed by atoms with Crippen LogP contribution >= 0.6 is 0 Å². The summed E-state index contributed by atoms with van der Waals surface area (Å²) in [6.07, 6.45) is 2.84. The molecule has 0 saturated heterocycles. The first-order chi connectivity index (χ1) is 14.8. The molecule has 1 N–H and O–H groups in total. The van der Waals surface area contributed by atoms with Crippen LogP contribution in [0.25, 0.3) is 10.8 Å². The Kier molecular flexibility index (Phi) is 5.57. The van der Waals surface area contributed by atoms with Crippen LogP contribution in [0.3, 0.4) is 0 Å². The topological polar surface area (TPSA) is 44.7 Å². The molecule has 3 aromatic carbocycles. The molecule has 1 amide bonds. The second kappa shape index (κ2) is 8.18. The van der Waals surface area contributed by atoms with E-state index in [-0.39, 0.29) is 11.4 Å². The van der Waals surface area contributed by atoms with Crippen molar-refractivity contribution < 1.29 is 4.79 Å². The average Bonchev–Trinajstić information content (AvgIpc) is 2.72. The molecular formula is C27H31N3O. The number of carbonyl (C=O) groups excluding carboxylic acids is 1. The smallest absolute Gasteiger partial charge is 0.271 e. The fourth-order valence-electron chi connectivity index (χ4n) is 5.09. The van der Waals surface area contributed by atoms with Crippen LogP contribution in [0.4, 0.5) is 5.69 Å². The number of nitrogens with one attached hydrogen (secondary N) is 1. The molecule has 0 fully saturated rings. The van der Waals surface area contributed by atoms with E-state index in [9.17, 15) is 4.79 Å². The lowest BCUT2D eigenvalue weighted by Crippen LogP contribution is -2.51. The summed E-state index contributed by atoms with van der Waals surface area (Å²) in [4.78, 5) is 15.0. The van der Waals surface area contributed by atoms with Crippen LogP contribution in [0, 0.1) is 0 Å². The third kappa shape index (κ3) is 4.20. The highest BCUT2D eigenvalue weighted by atomic mass is 16.2. The molecule has 4 rings (SSSR count). The Labute approximate surface area is 185 Å². The Morgan fingerprint density at radius 2 is 1.84 bits per heavy atom. The third-order valence-electron chi connectivity index (χ3n) is 6.21. The Bertz CT molecular complexity index is 1150. The van der Waals surface area contributed by atoms with E-state index < -0.39 is 0 Å². The largest absolute Gasteiger partial charge is 0.364 e. The normalized spacial score (nSPS) is 17.9. The number of nitrogens with zero attached hydrogens (tertiary/aromatic N) is 2.